The first-order chi connectivity index (χ1) is 12.4. The lowest BCUT2D eigenvalue weighted by Crippen LogP contribution is -2.49. The van der Waals surface area contributed by atoms with Gasteiger partial charge >= 0.3 is 0 Å². The molecule has 8 nitrogen and oxygen atoms in total. The van der Waals surface area contributed by atoms with E-state index in [2.05, 4.69) is 20.0 Å². The fraction of sp³-hybridized carbons (Fsp3) is 0.312. The summed E-state index contributed by atoms with van der Waals surface area (Å²) in [6.07, 6.45) is 1.46. The van der Waals surface area contributed by atoms with Crippen LogP contribution in [0.3, 0.4) is 0 Å². The molecule has 3 heterocycles. The van der Waals surface area contributed by atoms with Gasteiger partial charge in [0, 0.05) is 43.0 Å². The normalized spacial score (nSPS) is 16.3. The predicted molar refractivity (Wildman–Crippen MR) is 97.9 cm³/mol. The number of hydrogen-bond acceptors (Lipinski definition) is 6. The third kappa shape index (κ3) is 3.02. The van der Waals surface area contributed by atoms with E-state index in [4.69, 9.17) is 11.6 Å². The van der Waals surface area contributed by atoms with E-state index < -0.39 is 10.0 Å². The molecule has 26 heavy (non-hydrogen) atoms. The van der Waals surface area contributed by atoms with E-state index in [1.807, 2.05) is 13.0 Å². The van der Waals surface area contributed by atoms with Crippen molar-refractivity contribution >= 4 is 33.2 Å². The molecule has 1 aliphatic rings. The summed E-state index contributed by atoms with van der Waals surface area (Å²) in [7, 11) is -3.52. The highest BCUT2D eigenvalue weighted by atomic mass is 35.5. The number of aryl methyl sites for hydroxylation is 1. The van der Waals surface area contributed by atoms with E-state index in [0.717, 1.165) is 11.5 Å². The molecule has 1 fully saturated rings. The van der Waals surface area contributed by atoms with Crippen molar-refractivity contribution in [3.8, 4) is 0 Å². The van der Waals surface area contributed by atoms with Gasteiger partial charge < -0.3 is 4.90 Å². The van der Waals surface area contributed by atoms with Gasteiger partial charge in [-0.3, -0.25) is 0 Å². The number of rotatable bonds is 3. The molecule has 0 unspecified atom stereocenters. The summed E-state index contributed by atoms with van der Waals surface area (Å²) in [5, 5.41) is 4.73. The number of halogens is 1. The molecule has 1 saturated heterocycles. The molecule has 0 aliphatic carbocycles. The number of sulfonamides is 1. The molecular weight excluding hydrogens is 376 g/mol. The van der Waals surface area contributed by atoms with Gasteiger partial charge in [0.2, 0.25) is 10.0 Å². The van der Waals surface area contributed by atoms with Crippen molar-refractivity contribution in [3.05, 3.63) is 47.4 Å². The van der Waals surface area contributed by atoms with Gasteiger partial charge in [0.05, 0.1) is 4.90 Å². The van der Waals surface area contributed by atoms with Gasteiger partial charge in [-0.15, -0.1) is 0 Å². The number of nitrogens with zero attached hydrogens (tertiary/aromatic N) is 6. The van der Waals surface area contributed by atoms with Crippen molar-refractivity contribution in [1.29, 1.82) is 0 Å². The highest BCUT2D eigenvalue weighted by Gasteiger charge is 2.29. The first-order valence-electron chi connectivity index (χ1n) is 8.13. The lowest BCUT2D eigenvalue weighted by Gasteiger charge is -2.35. The van der Waals surface area contributed by atoms with Crippen LogP contribution < -0.4 is 4.90 Å². The van der Waals surface area contributed by atoms with Crippen LogP contribution in [-0.4, -0.2) is 58.5 Å². The minimum absolute atomic E-state index is 0.258. The van der Waals surface area contributed by atoms with Gasteiger partial charge in [0.25, 0.3) is 5.78 Å². The number of hydrogen-bond donors (Lipinski definition) is 0. The number of benzene rings is 1. The average molecular weight is 393 g/mol. The highest BCUT2D eigenvalue weighted by molar-refractivity contribution is 7.89. The molecule has 3 aromatic rings. The van der Waals surface area contributed by atoms with E-state index in [0.29, 0.717) is 37.0 Å². The maximum atomic E-state index is 12.8. The molecule has 4 rings (SSSR count). The number of fused-ring (bicyclic) bond motifs is 1. The van der Waals surface area contributed by atoms with Crippen molar-refractivity contribution in [2.24, 2.45) is 0 Å². The Morgan fingerprint density at radius 1 is 1.08 bits per heavy atom. The van der Waals surface area contributed by atoms with Crippen LogP contribution in [0.4, 0.5) is 5.82 Å². The molecule has 0 atom stereocenters. The molecule has 0 amide bonds. The van der Waals surface area contributed by atoms with Gasteiger partial charge in [-0.1, -0.05) is 11.6 Å². The standard InChI is InChI=1S/C16H17ClN6O2S/c1-12-10-15(23-16(20-12)18-11-19-23)21-6-8-22(9-7-21)26(24,25)14-4-2-13(17)3-5-14/h2-5,10-11H,6-9H2,1H3. The highest BCUT2D eigenvalue weighted by Crippen LogP contribution is 2.22. The summed E-state index contributed by atoms with van der Waals surface area (Å²) in [5.41, 5.74) is 0.844. The third-order valence-corrected chi connectivity index (χ3v) is 6.54. The molecule has 10 heteroatoms. The number of anilines is 1. The molecule has 136 valence electrons. The zero-order valence-electron chi connectivity index (χ0n) is 14.1. The summed E-state index contributed by atoms with van der Waals surface area (Å²) in [4.78, 5) is 10.8. The summed E-state index contributed by atoms with van der Waals surface area (Å²) >= 11 is 5.85. The van der Waals surface area contributed by atoms with Crippen LogP contribution in [-0.2, 0) is 10.0 Å². The van der Waals surface area contributed by atoms with Crippen LogP contribution in [0.5, 0.6) is 0 Å². The first kappa shape index (κ1) is 17.2. The SMILES string of the molecule is Cc1cc(N2CCN(S(=O)(=O)c3ccc(Cl)cc3)CC2)n2ncnc2n1. The van der Waals surface area contributed by atoms with Crippen molar-refractivity contribution in [2.75, 3.05) is 31.1 Å². The Morgan fingerprint density at radius 2 is 1.77 bits per heavy atom. The summed E-state index contributed by atoms with van der Waals surface area (Å²) in [5.74, 6) is 1.41. The second-order valence-corrected chi connectivity index (χ2v) is 8.45. The van der Waals surface area contributed by atoms with E-state index in [1.165, 1.54) is 22.8 Å². The molecule has 2 aromatic heterocycles. The second kappa shape index (κ2) is 6.49. The van der Waals surface area contributed by atoms with Crippen molar-refractivity contribution in [2.45, 2.75) is 11.8 Å². The maximum absolute atomic E-state index is 12.8. The van der Waals surface area contributed by atoms with E-state index in [-0.39, 0.29) is 4.90 Å². The predicted octanol–water partition coefficient (Wildman–Crippen LogP) is 1.60. The number of aromatic nitrogens is 4. The largest absolute Gasteiger partial charge is 0.354 e. The molecule has 0 bridgehead atoms. The van der Waals surface area contributed by atoms with Crippen molar-refractivity contribution in [3.63, 3.8) is 0 Å². The quantitative estimate of drug-likeness (QED) is 0.673. The van der Waals surface area contributed by atoms with Crippen LogP contribution in [0.1, 0.15) is 5.69 Å². The molecule has 0 spiro atoms. The zero-order valence-corrected chi connectivity index (χ0v) is 15.7. The fourth-order valence-electron chi connectivity index (χ4n) is 3.05. The van der Waals surface area contributed by atoms with Crippen LogP contribution in [0.25, 0.3) is 5.78 Å². The summed E-state index contributed by atoms with van der Waals surface area (Å²) in [6.45, 7) is 3.81. The Hall–Kier alpha value is -2.23. The summed E-state index contributed by atoms with van der Waals surface area (Å²) < 4.78 is 28.8. The van der Waals surface area contributed by atoms with Crippen LogP contribution in [0.15, 0.2) is 41.6 Å². The van der Waals surface area contributed by atoms with Crippen LogP contribution in [0.2, 0.25) is 5.02 Å². The molecular formula is C16H17ClN6O2S. The Balaban J connectivity index is 1.55. The van der Waals surface area contributed by atoms with Gasteiger partial charge in [0.15, 0.2) is 0 Å². The lowest BCUT2D eigenvalue weighted by atomic mass is 10.3. The monoisotopic (exact) mass is 392 g/mol. The maximum Gasteiger partial charge on any atom is 0.254 e. The van der Waals surface area contributed by atoms with Crippen molar-refractivity contribution < 1.29 is 8.42 Å². The van der Waals surface area contributed by atoms with Crippen LogP contribution >= 0.6 is 11.6 Å². The van der Waals surface area contributed by atoms with Gasteiger partial charge in [-0.05, 0) is 31.2 Å². The summed E-state index contributed by atoms with van der Waals surface area (Å²) in [6, 6.07) is 8.19. The smallest absolute Gasteiger partial charge is 0.254 e. The Morgan fingerprint density at radius 3 is 2.46 bits per heavy atom. The van der Waals surface area contributed by atoms with Crippen LogP contribution in [0, 0.1) is 6.92 Å². The second-order valence-electron chi connectivity index (χ2n) is 6.07. The molecule has 1 aliphatic heterocycles. The molecule has 1 aromatic carbocycles. The first-order valence-corrected chi connectivity index (χ1v) is 9.95. The third-order valence-electron chi connectivity index (χ3n) is 4.38. The van der Waals surface area contributed by atoms with Crippen molar-refractivity contribution in [1.82, 2.24) is 23.9 Å². The molecule has 0 saturated carbocycles. The number of piperazine rings is 1. The Bertz CT molecular complexity index is 1040. The average Bonchev–Trinajstić information content (AvgIpc) is 3.10. The van der Waals surface area contributed by atoms with Gasteiger partial charge in [-0.25, -0.2) is 13.4 Å². The topological polar surface area (TPSA) is 83.7 Å². The fourth-order valence-corrected chi connectivity index (χ4v) is 4.60. The van der Waals surface area contributed by atoms with Gasteiger partial charge in [-0.2, -0.15) is 18.9 Å². The zero-order chi connectivity index (χ0) is 18.3. The minimum Gasteiger partial charge on any atom is -0.354 e. The van der Waals surface area contributed by atoms with E-state index in [1.54, 1.807) is 16.6 Å². The van der Waals surface area contributed by atoms with E-state index in [9.17, 15) is 8.42 Å². The molecule has 0 radical (unpaired) electrons. The Labute approximate surface area is 156 Å². The minimum atomic E-state index is -3.52. The van der Waals surface area contributed by atoms with Gasteiger partial charge in [0.1, 0.15) is 12.1 Å². The molecule has 0 N–H and O–H groups in total. The van der Waals surface area contributed by atoms with E-state index >= 15 is 0 Å². The Kier molecular flexibility index (Phi) is 4.29. The lowest BCUT2D eigenvalue weighted by molar-refractivity contribution is 0.383.